The van der Waals surface area contributed by atoms with Crippen molar-refractivity contribution in [1.82, 2.24) is 19.8 Å². The van der Waals surface area contributed by atoms with Crippen LogP contribution in [0.2, 0.25) is 0 Å². The Morgan fingerprint density at radius 3 is 2.60 bits per heavy atom. The number of thiazole rings is 1. The van der Waals surface area contributed by atoms with Crippen molar-refractivity contribution >= 4 is 27.5 Å². The van der Waals surface area contributed by atoms with Crippen molar-refractivity contribution in [3.8, 4) is 0 Å². The molecule has 3 heterocycles. The summed E-state index contributed by atoms with van der Waals surface area (Å²) in [6, 6.07) is 13.8. The van der Waals surface area contributed by atoms with Gasteiger partial charge in [-0.15, -0.1) is 11.3 Å². The lowest BCUT2D eigenvalue weighted by Gasteiger charge is -2.34. The molecule has 4 rings (SSSR count). The Balaban J connectivity index is 1.37. The fourth-order valence-electron chi connectivity index (χ4n) is 3.11. The highest BCUT2D eigenvalue weighted by molar-refractivity contribution is 7.18. The van der Waals surface area contributed by atoms with E-state index >= 15 is 0 Å². The van der Waals surface area contributed by atoms with Gasteiger partial charge in [0.05, 0.1) is 16.8 Å². The van der Waals surface area contributed by atoms with Crippen LogP contribution in [0.1, 0.15) is 21.2 Å². The molecule has 0 unspecified atom stereocenters. The van der Waals surface area contributed by atoms with E-state index in [9.17, 15) is 4.79 Å². The molecule has 0 bridgehead atoms. The molecule has 3 aromatic rings. The summed E-state index contributed by atoms with van der Waals surface area (Å²) in [5.74, 6) is 0.0309. The van der Waals surface area contributed by atoms with E-state index in [1.54, 1.807) is 17.4 Å². The molecular weight excluding hydrogens is 332 g/mol. The molecule has 1 saturated heterocycles. The molecule has 25 heavy (non-hydrogen) atoms. The molecule has 2 aromatic heterocycles. The molecule has 1 aromatic carbocycles. The molecule has 0 atom stereocenters. The van der Waals surface area contributed by atoms with Crippen molar-refractivity contribution in [1.29, 1.82) is 0 Å². The van der Waals surface area contributed by atoms with E-state index in [-0.39, 0.29) is 5.91 Å². The van der Waals surface area contributed by atoms with Crippen LogP contribution in [0.4, 0.5) is 0 Å². The summed E-state index contributed by atoms with van der Waals surface area (Å²) in [5, 5.41) is 1.14. The average Bonchev–Trinajstić information content (AvgIpc) is 3.04. The quantitative estimate of drug-likeness (QED) is 0.727. The summed E-state index contributed by atoms with van der Waals surface area (Å²) in [6.07, 6.45) is 0. The zero-order valence-electron chi connectivity index (χ0n) is 14.2. The smallest absolute Gasteiger partial charge is 0.272 e. The van der Waals surface area contributed by atoms with E-state index in [0.717, 1.165) is 48.9 Å². The maximum absolute atomic E-state index is 12.6. The zero-order valence-corrected chi connectivity index (χ0v) is 15.0. The van der Waals surface area contributed by atoms with Crippen LogP contribution in [-0.4, -0.2) is 51.9 Å². The van der Waals surface area contributed by atoms with Crippen molar-refractivity contribution in [2.24, 2.45) is 0 Å². The maximum Gasteiger partial charge on any atom is 0.272 e. The first-order valence-electron chi connectivity index (χ1n) is 8.49. The minimum absolute atomic E-state index is 0.0309. The molecule has 1 aliphatic heterocycles. The molecule has 1 fully saturated rings. The zero-order chi connectivity index (χ0) is 17.2. The third kappa shape index (κ3) is 3.55. The summed E-state index contributed by atoms with van der Waals surface area (Å²) in [6.45, 7) is 5.97. The topological polar surface area (TPSA) is 49.3 Å². The molecule has 128 valence electrons. The lowest BCUT2D eigenvalue weighted by atomic mass is 10.2. The number of aryl methyl sites for hydroxylation is 1. The van der Waals surface area contributed by atoms with Crippen LogP contribution in [0.25, 0.3) is 10.2 Å². The number of fused-ring (bicyclic) bond motifs is 1. The minimum Gasteiger partial charge on any atom is -0.335 e. The fourth-order valence-corrected chi connectivity index (χ4v) is 4.12. The van der Waals surface area contributed by atoms with Crippen LogP contribution in [-0.2, 0) is 6.54 Å². The number of aromatic nitrogens is 2. The number of rotatable bonds is 3. The Morgan fingerprint density at radius 2 is 1.84 bits per heavy atom. The monoisotopic (exact) mass is 352 g/mol. The van der Waals surface area contributed by atoms with Gasteiger partial charge in [0, 0.05) is 31.9 Å². The van der Waals surface area contributed by atoms with Gasteiger partial charge in [0.1, 0.15) is 10.7 Å². The van der Waals surface area contributed by atoms with Gasteiger partial charge < -0.3 is 4.90 Å². The van der Waals surface area contributed by atoms with E-state index < -0.39 is 0 Å². The molecule has 0 aliphatic carbocycles. The van der Waals surface area contributed by atoms with E-state index in [0.29, 0.717) is 5.69 Å². The molecule has 5 nitrogen and oxygen atoms in total. The summed E-state index contributed by atoms with van der Waals surface area (Å²) in [7, 11) is 0. The number of nitrogens with zero attached hydrogens (tertiary/aromatic N) is 4. The van der Waals surface area contributed by atoms with Gasteiger partial charge in [0.2, 0.25) is 0 Å². The fraction of sp³-hybridized carbons (Fsp3) is 0.316. The highest BCUT2D eigenvalue weighted by atomic mass is 32.1. The highest BCUT2D eigenvalue weighted by Gasteiger charge is 2.23. The third-order valence-corrected chi connectivity index (χ3v) is 5.49. The highest BCUT2D eigenvalue weighted by Crippen LogP contribution is 2.23. The van der Waals surface area contributed by atoms with E-state index in [1.807, 2.05) is 36.1 Å². The number of piperazine rings is 1. The lowest BCUT2D eigenvalue weighted by molar-refractivity contribution is 0.0622. The van der Waals surface area contributed by atoms with Gasteiger partial charge in [-0.2, -0.15) is 0 Å². The predicted octanol–water partition coefficient (Wildman–Crippen LogP) is 2.96. The van der Waals surface area contributed by atoms with E-state index in [2.05, 4.69) is 22.0 Å². The molecule has 6 heteroatoms. The number of hydrogen-bond acceptors (Lipinski definition) is 5. The Bertz CT molecular complexity index is 866. The van der Waals surface area contributed by atoms with Gasteiger partial charge >= 0.3 is 0 Å². The first-order valence-corrected chi connectivity index (χ1v) is 9.30. The minimum atomic E-state index is 0.0309. The Kier molecular flexibility index (Phi) is 4.46. The summed E-state index contributed by atoms with van der Waals surface area (Å²) in [5.41, 5.74) is 2.49. The summed E-state index contributed by atoms with van der Waals surface area (Å²) < 4.78 is 1.23. The summed E-state index contributed by atoms with van der Waals surface area (Å²) in [4.78, 5) is 25.9. The predicted molar refractivity (Wildman–Crippen MR) is 99.8 cm³/mol. The Labute approximate surface area is 150 Å². The summed E-state index contributed by atoms with van der Waals surface area (Å²) >= 11 is 1.75. The number of pyridine rings is 1. The van der Waals surface area contributed by atoms with Crippen molar-refractivity contribution < 1.29 is 4.79 Å². The number of carbonyl (C=O) groups excluding carboxylic acids is 1. The Morgan fingerprint density at radius 1 is 1.04 bits per heavy atom. The van der Waals surface area contributed by atoms with Gasteiger partial charge in [-0.1, -0.05) is 18.2 Å². The van der Waals surface area contributed by atoms with Gasteiger partial charge in [0.15, 0.2) is 0 Å². The van der Waals surface area contributed by atoms with Crippen molar-refractivity contribution in [2.75, 3.05) is 26.2 Å². The van der Waals surface area contributed by atoms with E-state index in [4.69, 9.17) is 4.98 Å². The number of amides is 1. The van der Waals surface area contributed by atoms with Crippen molar-refractivity contribution in [3.63, 3.8) is 0 Å². The first kappa shape index (κ1) is 16.2. The molecule has 0 saturated carbocycles. The normalized spacial score (nSPS) is 15.6. The largest absolute Gasteiger partial charge is 0.335 e. The van der Waals surface area contributed by atoms with Gasteiger partial charge in [-0.25, -0.2) is 9.97 Å². The second kappa shape index (κ2) is 6.90. The van der Waals surface area contributed by atoms with Crippen LogP contribution >= 0.6 is 11.3 Å². The van der Waals surface area contributed by atoms with E-state index in [1.165, 1.54) is 4.70 Å². The van der Waals surface area contributed by atoms with Crippen molar-refractivity contribution in [2.45, 2.75) is 13.5 Å². The van der Waals surface area contributed by atoms with Gasteiger partial charge in [-0.3, -0.25) is 9.69 Å². The first-order chi connectivity index (χ1) is 12.2. The second-order valence-corrected chi connectivity index (χ2v) is 7.42. The second-order valence-electron chi connectivity index (χ2n) is 6.31. The lowest BCUT2D eigenvalue weighted by Crippen LogP contribution is -2.48. The van der Waals surface area contributed by atoms with Crippen LogP contribution in [0.5, 0.6) is 0 Å². The number of benzene rings is 1. The van der Waals surface area contributed by atoms with Crippen LogP contribution in [0, 0.1) is 6.92 Å². The molecule has 0 radical (unpaired) electrons. The number of para-hydroxylation sites is 1. The molecule has 1 aliphatic rings. The van der Waals surface area contributed by atoms with Crippen molar-refractivity contribution in [3.05, 3.63) is 58.9 Å². The Hall–Kier alpha value is -2.31. The number of carbonyl (C=O) groups is 1. The van der Waals surface area contributed by atoms with Gasteiger partial charge in [-0.05, 0) is 31.2 Å². The maximum atomic E-state index is 12.6. The SMILES string of the molecule is Cc1cccc(C(=O)N2CCN(Cc3nc4ccccc4s3)CC2)n1. The standard InChI is InChI=1S/C19H20N4OS/c1-14-5-4-7-16(20-14)19(24)23-11-9-22(10-12-23)13-18-21-15-6-2-3-8-17(15)25-18/h2-8H,9-13H2,1H3. The van der Waals surface area contributed by atoms with Crippen LogP contribution in [0.15, 0.2) is 42.5 Å². The average molecular weight is 352 g/mol. The van der Waals surface area contributed by atoms with Crippen LogP contribution < -0.4 is 0 Å². The number of hydrogen-bond donors (Lipinski definition) is 0. The molecule has 0 N–H and O–H groups in total. The molecule has 0 spiro atoms. The molecule has 1 amide bonds. The van der Waals surface area contributed by atoms with Gasteiger partial charge in [0.25, 0.3) is 5.91 Å². The third-order valence-electron chi connectivity index (χ3n) is 4.46. The molecular formula is C19H20N4OS. The van der Waals surface area contributed by atoms with Crippen LogP contribution in [0.3, 0.4) is 0 Å².